The highest BCUT2D eigenvalue weighted by molar-refractivity contribution is 9.10. The number of hydrogen-bond donors (Lipinski definition) is 1. The lowest BCUT2D eigenvalue weighted by molar-refractivity contribution is 0.297. The number of anilines is 2. The second-order valence-electron chi connectivity index (χ2n) is 5.27. The Bertz CT molecular complexity index is 387. The Hall–Kier alpha value is -0.770. The third kappa shape index (κ3) is 2.41. The van der Waals surface area contributed by atoms with Crippen molar-refractivity contribution in [1.29, 1.82) is 0 Å². The third-order valence-electron chi connectivity index (χ3n) is 3.79. The molecule has 3 unspecified atom stereocenters. The number of nitrogen functional groups attached to an aromatic ring is 1. The van der Waals surface area contributed by atoms with Crippen LogP contribution in [0.25, 0.3) is 0 Å². The van der Waals surface area contributed by atoms with E-state index in [1.807, 2.05) is 6.20 Å². The summed E-state index contributed by atoms with van der Waals surface area (Å²) in [4.78, 5) is 6.52. The Kier molecular flexibility index (Phi) is 3.61. The number of pyridine rings is 1. The highest BCUT2D eigenvalue weighted by Crippen LogP contribution is 2.38. The van der Waals surface area contributed by atoms with Crippen LogP contribution in [0.1, 0.15) is 27.2 Å². The molecule has 1 aliphatic heterocycles. The maximum atomic E-state index is 6.07. The number of piperidine rings is 1. The van der Waals surface area contributed by atoms with Gasteiger partial charge in [0, 0.05) is 18.8 Å². The smallest absolute Gasteiger partial charge is 0.0778 e. The molecule has 2 rings (SSSR count). The van der Waals surface area contributed by atoms with Gasteiger partial charge in [-0.25, -0.2) is 0 Å². The Balaban J connectivity index is 2.38. The van der Waals surface area contributed by atoms with Crippen molar-refractivity contribution in [2.75, 3.05) is 17.2 Å². The standard InChI is InChI=1S/C13H20BrN3/c1-8-4-9(2)10(3)17(7-8)13-11(14)5-16-6-12(13)15/h5-6,8-10H,4,7,15H2,1-3H3. The first kappa shape index (κ1) is 12.7. The molecule has 0 bridgehead atoms. The fourth-order valence-electron chi connectivity index (χ4n) is 2.76. The molecule has 1 aromatic rings. The van der Waals surface area contributed by atoms with Crippen LogP contribution in [0, 0.1) is 11.8 Å². The number of nitrogens with zero attached hydrogens (tertiary/aromatic N) is 2. The molecule has 0 spiro atoms. The number of nitrogens with two attached hydrogens (primary N) is 1. The zero-order valence-electron chi connectivity index (χ0n) is 10.7. The van der Waals surface area contributed by atoms with Crippen LogP contribution in [0.15, 0.2) is 16.9 Å². The quantitative estimate of drug-likeness (QED) is 0.865. The van der Waals surface area contributed by atoms with E-state index < -0.39 is 0 Å². The summed E-state index contributed by atoms with van der Waals surface area (Å²) in [5.41, 5.74) is 7.93. The fraction of sp³-hybridized carbons (Fsp3) is 0.615. The largest absolute Gasteiger partial charge is 0.396 e. The van der Waals surface area contributed by atoms with E-state index in [0.29, 0.717) is 17.9 Å². The van der Waals surface area contributed by atoms with E-state index in [1.54, 1.807) is 6.20 Å². The highest BCUT2D eigenvalue weighted by Gasteiger charge is 2.30. The number of halogens is 1. The van der Waals surface area contributed by atoms with Crippen molar-refractivity contribution in [3.05, 3.63) is 16.9 Å². The number of rotatable bonds is 1. The van der Waals surface area contributed by atoms with Gasteiger partial charge in [-0.15, -0.1) is 0 Å². The molecular formula is C13H20BrN3. The van der Waals surface area contributed by atoms with E-state index in [0.717, 1.165) is 22.4 Å². The molecule has 1 aromatic heterocycles. The molecule has 17 heavy (non-hydrogen) atoms. The molecule has 1 fully saturated rings. The van der Waals surface area contributed by atoms with Crippen LogP contribution in [0.2, 0.25) is 0 Å². The van der Waals surface area contributed by atoms with Gasteiger partial charge in [0.1, 0.15) is 0 Å². The summed E-state index contributed by atoms with van der Waals surface area (Å²) in [5, 5.41) is 0. The molecule has 94 valence electrons. The normalized spacial score (nSPS) is 29.4. The van der Waals surface area contributed by atoms with E-state index in [4.69, 9.17) is 5.73 Å². The van der Waals surface area contributed by atoms with Gasteiger partial charge >= 0.3 is 0 Å². The molecule has 1 saturated heterocycles. The molecule has 0 radical (unpaired) electrons. The summed E-state index contributed by atoms with van der Waals surface area (Å²) < 4.78 is 0.991. The van der Waals surface area contributed by atoms with Gasteiger partial charge in [-0.3, -0.25) is 4.98 Å². The highest BCUT2D eigenvalue weighted by atomic mass is 79.9. The summed E-state index contributed by atoms with van der Waals surface area (Å²) in [6, 6.07) is 0.521. The fourth-order valence-corrected chi connectivity index (χ4v) is 3.33. The zero-order valence-corrected chi connectivity index (χ0v) is 12.2. The number of hydrogen-bond acceptors (Lipinski definition) is 3. The Morgan fingerprint density at radius 3 is 2.71 bits per heavy atom. The first-order valence-electron chi connectivity index (χ1n) is 6.16. The van der Waals surface area contributed by atoms with Gasteiger partial charge in [-0.05, 0) is 41.1 Å². The van der Waals surface area contributed by atoms with Gasteiger partial charge in [0.15, 0.2) is 0 Å². The summed E-state index contributed by atoms with van der Waals surface area (Å²) in [7, 11) is 0. The van der Waals surface area contributed by atoms with E-state index in [1.165, 1.54) is 6.42 Å². The predicted octanol–water partition coefficient (Wildman–Crippen LogP) is 3.30. The Morgan fingerprint density at radius 2 is 2.06 bits per heavy atom. The minimum absolute atomic E-state index is 0.521. The molecule has 4 heteroatoms. The molecule has 2 N–H and O–H groups in total. The van der Waals surface area contributed by atoms with Gasteiger partial charge in [0.05, 0.1) is 22.0 Å². The molecular weight excluding hydrogens is 278 g/mol. The lowest BCUT2D eigenvalue weighted by atomic mass is 9.85. The third-order valence-corrected chi connectivity index (χ3v) is 4.37. The van der Waals surface area contributed by atoms with Crippen LogP contribution < -0.4 is 10.6 Å². The lowest BCUT2D eigenvalue weighted by Gasteiger charge is -2.43. The maximum Gasteiger partial charge on any atom is 0.0778 e. The monoisotopic (exact) mass is 297 g/mol. The van der Waals surface area contributed by atoms with E-state index in [-0.39, 0.29) is 0 Å². The van der Waals surface area contributed by atoms with E-state index in [2.05, 4.69) is 46.6 Å². The van der Waals surface area contributed by atoms with Crippen LogP contribution in [-0.4, -0.2) is 17.6 Å². The van der Waals surface area contributed by atoms with Crippen LogP contribution in [0.5, 0.6) is 0 Å². The van der Waals surface area contributed by atoms with Crippen LogP contribution in [0.4, 0.5) is 11.4 Å². The van der Waals surface area contributed by atoms with Crippen molar-refractivity contribution in [2.24, 2.45) is 11.8 Å². The average Bonchev–Trinajstić information content (AvgIpc) is 2.24. The summed E-state index contributed by atoms with van der Waals surface area (Å²) in [6.45, 7) is 7.97. The summed E-state index contributed by atoms with van der Waals surface area (Å²) in [6.07, 6.45) is 4.85. The molecule has 0 amide bonds. The Labute approximate surface area is 112 Å². The average molecular weight is 298 g/mol. The summed E-state index contributed by atoms with van der Waals surface area (Å²) >= 11 is 3.57. The van der Waals surface area contributed by atoms with Gasteiger partial charge in [-0.1, -0.05) is 13.8 Å². The lowest BCUT2D eigenvalue weighted by Crippen LogP contribution is -2.46. The first-order chi connectivity index (χ1) is 8.00. The molecule has 3 nitrogen and oxygen atoms in total. The second-order valence-corrected chi connectivity index (χ2v) is 6.12. The predicted molar refractivity (Wildman–Crippen MR) is 76.1 cm³/mol. The van der Waals surface area contributed by atoms with E-state index in [9.17, 15) is 0 Å². The van der Waals surface area contributed by atoms with Gasteiger partial charge in [0.2, 0.25) is 0 Å². The summed E-state index contributed by atoms with van der Waals surface area (Å²) in [5.74, 6) is 1.40. The molecule has 0 aromatic carbocycles. The first-order valence-corrected chi connectivity index (χ1v) is 6.95. The van der Waals surface area contributed by atoms with Crippen LogP contribution in [-0.2, 0) is 0 Å². The number of aromatic nitrogens is 1. The molecule has 3 atom stereocenters. The molecule has 2 heterocycles. The molecule has 0 aliphatic carbocycles. The molecule has 1 aliphatic rings. The minimum Gasteiger partial charge on any atom is -0.396 e. The molecule has 0 saturated carbocycles. The minimum atomic E-state index is 0.521. The van der Waals surface area contributed by atoms with Crippen molar-refractivity contribution in [1.82, 2.24) is 4.98 Å². The van der Waals surface area contributed by atoms with Gasteiger partial charge in [-0.2, -0.15) is 0 Å². The zero-order chi connectivity index (χ0) is 12.6. The second kappa shape index (κ2) is 4.84. The topological polar surface area (TPSA) is 42.1 Å². The SMILES string of the molecule is CC1CC(C)C(C)N(c2c(N)cncc2Br)C1. The van der Waals surface area contributed by atoms with Crippen molar-refractivity contribution in [2.45, 2.75) is 33.2 Å². The van der Waals surface area contributed by atoms with Crippen molar-refractivity contribution >= 4 is 27.3 Å². The van der Waals surface area contributed by atoms with Gasteiger partial charge < -0.3 is 10.6 Å². The Morgan fingerprint density at radius 1 is 1.35 bits per heavy atom. The van der Waals surface area contributed by atoms with Crippen molar-refractivity contribution in [3.63, 3.8) is 0 Å². The van der Waals surface area contributed by atoms with Crippen LogP contribution >= 0.6 is 15.9 Å². The maximum absolute atomic E-state index is 6.07. The van der Waals surface area contributed by atoms with Crippen molar-refractivity contribution < 1.29 is 0 Å². The van der Waals surface area contributed by atoms with Gasteiger partial charge in [0.25, 0.3) is 0 Å². The van der Waals surface area contributed by atoms with Crippen molar-refractivity contribution in [3.8, 4) is 0 Å². The van der Waals surface area contributed by atoms with E-state index >= 15 is 0 Å². The van der Waals surface area contributed by atoms with Crippen LogP contribution in [0.3, 0.4) is 0 Å².